The fraction of sp³-hybridized carbons (Fsp3) is 0.500. The van der Waals surface area contributed by atoms with Crippen LogP contribution in [0.25, 0.3) is 0 Å². The van der Waals surface area contributed by atoms with Gasteiger partial charge >= 0.3 is 0 Å². The molecule has 1 rings (SSSR count). The van der Waals surface area contributed by atoms with Crippen LogP contribution in [0.2, 0.25) is 0 Å². The molecule has 0 saturated carbocycles. The van der Waals surface area contributed by atoms with Crippen LogP contribution in [0.15, 0.2) is 16.5 Å². The van der Waals surface area contributed by atoms with E-state index in [1.807, 2.05) is 0 Å². The van der Waals surface area contributed by atoms with E-state index in [9.17, 15) is 0 Å². The molecule has 0 fully saturated rings. The second-order valence-electron chi connectivity index (χ2n) is 2.22. The SMILES string of the molecule is CCPc1ccc(PCC)o1. The topological polar surface area (TPSA) is 13.1 Å². The lowest BCUT2D eigenvalue weighted by atomic mass is 10.7. The highest BCUT2D eigenvalue weighted by atomic mass is 31.1. The summed E-state index contributed by atoms with van der Waals surface area (Å²) >= 11 is 0. The molecule has 0 saturated heterocycles. The minimum Gasteiger partial charge on any atom is -0.458 e. The van der Waals surface area contributed by atoms with Crippen molar-refractivity contribution in [3.05, 3.63) is 12.1 Å². The first kappa shape index (κ1) is 9.23. The predicted octanol–water partition coefficient (Wildman–Crippen LogP) is 1.93. The fourth-order valence-corrected chi connectivity index (χ4v) is 2.44. The molecule has 0 aliphatic heterocycles. The zero-order valence-electron chi connectivity index (χ0n) is 6.98. The molecule has 0 aliphatic rings. The number of rotatable bonds is 4. The second-order valence-corrected chi connectivity index (χ2v) is 5.33. The minimum absolute atomic E-state index is 0.850. The van der Waals surface area contributed by atoms with Crippen LogP contribution in [-0.2, 0) is 0 Å². The normalized spacial score (nSPS) is 12.5. The van der Waals surface area contributed by atoms with Crippen LogP contribution in [0.5, 0.6) is 0 Å². The van der Waals surface area contributed by atoms with Gasteiger partial charge in [0.2, 0.25) is 0 Å². The highest BCUT2D eigenvalue weighted by Gasteiger charge is 1.98. The van der Waals surface area contributed by atoms with Gasteiger partial charge in [-0.2, -0.15) is 0 Å². The fourth-order valence-electron chi connectivity index (χ4n) is 0.876. The quantitative estimate of drug-likeness (QED) is 0.658. The third kappa shape index (κ3) is 2.93. The van der Waals surface area contributed by atoms with E-state index in [1.165, 1.54) is 23.3 Å². The summed E-state index contributed by atoms with van der Waals surface area (Å²) in [5, 5.41) is 0. The summed E-state index contributed by atoms with van der Waals surface area (Å²) in [6.07, 6.45) is 2.39. The van der Waals surface area contributed by atoms with E-state index in [2.05, 4.69) is 26.0 Å². The largest absolute Gasteiger partial charge is 0.458 e. The molecule has 0 N–H and O–H groups in total. The Balaban J connectivity index is 2.51. The molecule has 2 unspecified atom stereocenters. The molecule has 0 aromatic carbocycles. The van der Waals surface area contributed by atoms with Crippen molar-refractivity contribution in [2.45, 2.75) is 13.8 Å². The standard InChI is InChI=1S/C8H14OP2/c1-3-10-7-5-6-8(9-7)11-4-2/h5-6,10-11H,3-4H2,1-2H3. The van der Waals surface area contributed by atoms with Crippen LogP contribution in [0.4, 0.5) is 0 Å². The van der Waals surface area contributed by atoms with Crippen LogP contribution in [0.1, 0.15) is 13.8 Å². The maximum absolute atomic E-state index is 5.59. The third-order valence-electron chi connectivity index (χ3n) is 1.31. The zero-order valence-corrected chi connectivity index (χ0v) is 8.98. The first-order valence-electron chi connectivity index (χ1n) is 3.94. The Bertz CT molecular complexity index is 187. The zero-order chi connectivity index (χ0) is 8.10. The van der Waals surface area contributed by atoms with Crippen molar-refractivity contribution in [1.82, 2.24) is 0 Å². The van der Waals surface area contributed by atoms with Gasteiger partial charge in [-0.3, -0.25) is 0 Å². The van der Waals surface area contributed by atoms with Gasteiger partial charge in [0, 0.05) is 0 Å². The van der Waals surface area contributed by atoms with Gasteiger partial charge in [-0.05, 0) is 24.5 Å². The van der Waals surface area contributed by atoms with Crippen LogP contribution in [0.3, 0.4) is 0 Å². The molecule has 0 bridgehead atoms. The smallest absolute Gasteiger partial charge is 0.123 e. The minimum atomic E-state index is 0.850. The Hall–Kier alpha value is 0.140. The van der Waals surface area contributed by atoms with Gasteiger partial charge in [0.1, 0.15) is 11.0 Å². The lowest BCUT2D eigenvalue weighted by Crippen LogP contribution is -1.92. The summed E-state index contributed by atoms with van der Waals surface area (Å²) in [5.41, 5.74) is 2.34. The second kappa shape index (κ2) is 4.91. The molecular weight excluding hydrogens is 174 g/mol. The highest BCUT2D eigenvalue weighted by molar-refractivity contribution is 7.48. The monoisotopic (exact) mass is 188 g/mol. The van der Waals surface area contributed by atoms with Gasteiger partial charge in [0.15, 0.2) is 0 Å². The van der Waals surface area contributed by atoms with Crippen molar-refractivity contribution in [1.29, 1.82) is 0 Å². The molecule has 1 aromatic rings. The molecule has 2 atom stereocenters. The molecule has 0 radical (unpaired) electrons. The van der Waals surface area contributed by atoms with Crippen LogP contribution in [-0.4, -0.2) is 12.3 Å². The average molecular weight is 188 g/mol. The molecule has 3 heteroatoms. The van der Waals surface area contributed by atoms with Crippen LogP contribution >= 0.6 is 17.2 Å². The highest BCUT2D eigenvalue weighted by Crippen LogP contribution is 2.13. The van der Waals surface area contributed by atoms with Crippen molar-refractivity contribution in [3.8, 4) is 0 Å². The van der Waals surface area contributed by atoms with Crippen LogP contribution < -0.4 is 11.0 Å². The maximum atomic E-state index is 5.59. The van der Waals surface area contributed by atoms with E-state index in [1.54, 1.807) is 0 Å². The first-order chi connectivity index (χ1) is 5.36. The lowest BCUT2D eigenvalue weighted by molar-refractivity contribution is 0.641. The van der Waals surface area contributed by atoms with Crippen molar-refractivity contribution >= 4 is 28.2 Å². The van der Waals surface area contributed by atoms with E-state index < -0.39 is 0 Å². The summed E-state index contributed by atoms with van der Waals surface area (Å²) in [4.78, 5) is 0. The summed E-state index contributed by atoms with van der Waals surface area (Å²) in [7, 11) is 1.70. The van der Waals surface area contributed by atoms with Crippen molar-refractivity contribution in [2.75, 3.05) is 12.3 Å². The molecule has 1 nitrogen and oxygen atoms in total. The van der Waals surface area contributed by atoms with Crippen molar-refractivity contribution in [2.24, 2.45) is 0 Å². The van der Waals surface area contributed by atoms with E-state index in [0.717, 1.165) is 17.2 Å². The van der Waals surface area contributed by atoms with E-state index >= 15 is 0 Å². The number of furan rings is 1. The van der Waals surface area contributed by atoms with Crippen LogP contribution in [0, 0.1) is 0 Å². The molecule has 0 aliphatic carbocycles. The van der Waals surface area contributed by atoms with E-state index in [0.29, 0.717) is 0 Å². The first-order valence-corrected chi connectivity index (χ1v) is 6.35. The molecule has 0 amide bonds. The van der Waals surface area contributed by atoms with Gasteiger partial charge < -0.3 is 4.42 Å². The molecule has 1 aromatic heterocycles. The lowest BCUT2D eigenvalue weighted by Gasteiger charge is -1.92. The summed E-state index contributed by atoms with van der Waals surface area (Å²) in [6, 6.07) is 4.22. The predicted molar refractivity (Wildman–Crippen MR) is 55.7 cm³/mol. The Morgan fingerprint density at radius 3 is 1.91 bits per heavy atom. The Morgan fingerprint density at radius 2 is 1.55 bits per heavy atom. The molecule has 62 valence electrons. The number of hydrogen-bond acceptors (Lipinski definition) is 1. The van der Waals surface area contributed by atoms with Crippen molar-refractivity contribution in [3.63, 3.8) is 0 Å². The molecule has 11 heavy (non-hydrogen) atoms. The van der Waals surface area contributed by atoms with Crippen molar-refractivity contribution < 1.29 is 4.42 Å². The number of hydrogen-bond donors (Lipinski definition) is 0. The Kier molecular flexibility index (Phi) is 4.12. The average Bonchev–Trinajstić information content (AvgIpc) is 2.38. The van der Waals surface area contributed by atoms with E-state index in [-0.39, 0.29) is 0 Å². The third-order valence-corrected chi connectivity index (χ3v) is 3.25. The molecule has 0 spiro atoms. The Morgan fingerprint density at radius 1 is 1.09 bits per heavy atom. The summed E-state index contributed by atoms with van der Waals surface area (Å²) in [6.45, 7) is 4.37. The molecular formula is C8H14OP2. The van der Waals surface area contributed by atoms with Gasteiger partial charge in [-0.15, -0.1) is 0 Å². The Labute approximate surface area is 71.5 Å². The molecule has 1 heterocycles. The van der Waals surface area contributed by atoms with Gasteiger partial charge in [-0.1, -0.05) is 31.0 Å². The van der Waals surface area contributed by atoms with Gasteiger partial charge in [0.25, 0.3) is 0 Å². The summed E-state index contributed by atoms with van der Waals surface area (Å²) in [5.74, 6) is 0. The van der Waals surface area contributed by atoms with Gasteiger partial charge in [-0.25, -0.2) is 0 Å². The summed E-state index contributed by atoms with van der Waals surface area (Å²) < 4.78 is 5.59. The maximum Gasteiger partial charge on any atom is 0.123 e. The van der Waals surface area contributed by atoms with E-state index in [4.69, 9.17) is 4.42 Å². The van der Waals surface area contributed by atoms with Gasteiger partial charge in [0.05, 0.1) is 0 Å².